The monoisotopic (exact) mass is 589 g/mol. The molecule has 0 aliphatic rings. The SMILES string of the molecule is CC(C)(C)c1cccc(C(C)(C)C)c1C(C)(C)c1c(C(C)(C)C)c(C(C)(C)C)c(C(C)(C)C)c(C(C)(C)C)c1C(C)(C)C. The molecule has 0 radical (unpaired) electrons. The highest BCUT2D eigenvalue weighted by Gasteiger charge is 2.47. The summed E-state index contributed by atoms with van der Waals surface area (Å²) in [5, 5.41) is 0. The van der Waals surface area contributed by atoms with E-state index in [9.17, 15) is 0 Å². The highest BCUT2D eigenvalue weighted by molar-refractivity contribution is 5.67. The molecule has 2 aromatic carbocycles. The average molecular weight is 589 g/mol. The lowest BCUT2D eigenvalue weighted by molar-refractivity contribution is 0.435. The van der Waals surface area contributed by atoms with Crippen molar-refractivity contribution in [1.82, 2.24) is 0 Å². The van der Waals surface area contributed by atoms with Crippen LogP contribution in [0.3, 0.4) is 0 Å². The molecule has 2 rings (SSSR count). The van der Waals surface area contributed by atoms with Gasteiger partial charge in [0.25, 0.3) is 0 Å². The van der Waals surface area contributed by atoms with E-state index in [0.717, 1.165) is 0 Å². The Morgan fingerprint density at radius 2 is 0.465 bits per heavy atom. The van der Waals surface area contributed by atoms with E-state index < -0.39 is 0 Å². The predicted molar refractivity (Wildman–Crippen MR) is 196 cm³/mol. The van der Waals surface area contributed by atoms with Crippen LogP contribution in [0.15, 0.2) is 18.2 Å². The summed E-state index contributed by atoms with van der Waals surface area (Å²) in [4.78, 5) is 0. The third-order valence-electron chi connectivity index (χ3n) is 9.18. The van der Waals surface area contributed by atoms with Crippen molar-refractivity contribution in [2.45, 2.75) is 203 Å². The number of hydrogen-bond acceptors (Lipinski definition) is 0. The lowest BCUT2D eigenvalue weighted by Crippen LogP contribution is -2.41. The normalized spacial score (nSPS) is 14.9. The minimum Gasteiger partial charge on any atom is -0.0617 e. The van der Waals surface area contributed by atoms with Gasteiger partial charge in [0.1, 0.15) is 0 Å². The minimum atomic E-state index is -0.242. The first kappa shape index (κ1) is 37.6. The van der Waals surface area contributed by atoms with Gasteiger partial charge in [0.05, 0.1) is 0 Å². The van der Waals surface area contributed by atoms with Crippen LogP contribution in [-0.2, 0) is 43.3 Å². The van der Waals surface area contributed by atoms with Gasteiger partial charge in [-0.15, -0.1) is 0 Å². The standard InChI is InChI=1S/C43H72/c1-36(2,3)27-25-24-26-28(37(4,5)6)29(27)43(22,23)35-33(41(16,17)18)31(39(10,11)12)30(38(7,8)9)32(40(13,14)15)34(35)42(19,20)21/h24-26H,1-23H3. The summed E-state index contributed by atoms with van der Waals surface area (Å²) in [6, 6.07) is 7.14. The highest BCUT2D eigenvalue weighted by atomic mass is 14.5. The topological polar surface area (TPSA) is 0 Å². The molecule has 0 saturated heterocycles. The molecule has 0 aliphatic heterocycles. The summed E-state index contributed by atoms with van der Waals surface area (Å²) < 4.78 is 0. The van der Waals surface area contributed by atoms with Gasteiger partial charge in [0, 0.05) is 5.41 Å². The van der Waals surface area contributed by atoms with Crippen LogP contribution in [0.2, 0.25) is 0 Å². The molecule has 0 heteroatoms. The van der Waals surface area contributed by atoms with E-state index in [-0.39, 0.29) is 43.3 Å². The van der Waals surface area contributed by atoms with Gasteiger partial charge in [-0.05, 0) is 88.0 Å². The molecule has 0 atom stereocenters. The van der Waals surface area contributed by atoms with Crippen molar-refractivity contribution >= 4 is 0 Å². The van der Waals surface area contributed by atoms with Crippen molar-refractivity contribution in [3.63, 3.8) is 0 Å². The predicted octanol–water partition coefficient (Wildman–Crippen LogP) is 13.1. The zero-order chi connectivity index (χ0) is 34.3. The zero-order valence-corrected chi connectivity index (χ0v) is 33.2. The molecule has 2 aromatic rings. The van der Waals surface area contributed by atoms with Crippen LogP contribution in [-0.4, -0.2) is 0 Å². The van der Waals surface area contributed by atoms with Gasteiger partial charge in [-0.2, -0.15) is 0 Å². The minimum absolute atomic E-state index is 0.00616. The summed E-state index contributed by atoms with van der Waals surface area (Å²) in [5.74, 6) is 0. The molecule has 0 N–H and O–H groups in total. The molecule has 0 fully saturated rings. The summed E-state index contributed by atoms with van der Waals surface area (Å²) in [6.07, 6.45) is 0. The van der Waals surface area contributed by atoms with Crippen LogP contribution in [0.4, 0.5) is 0 Å². The maximum absolute atomic E-state index is 2.56. The second kappa shape index (κ2) is 10.8. The first-order valence-corrected chi connectivity index (χ1v) is 17.0. The summed E-state index contributed by atoms with van der Waals surface area (Å²) in [6.45, 7) is 56.4. The second-order valence-corrected chi connectivity index (χ2v) is 21.4. The summed E-state index contributed by atoms with van der Waals surface area (Å²) >= 11 is 0. The van der Waals surface area contributed by atoms with Crippen molar-refractivity contribution in [3.05, 3.63) is 68.3 Å². The molecule has 0 spiro atoms. The van der Waals surface area contributed by atoms with Gasteiger partial charge in [0.2, 0.25) is 0 Å². The third kappa shape index (κ3) is 7.31. The molecule has 244 valence electrons. The molecule has 0 aromatic heterocycles. The Kier molecular flexibility index (Phi) is 9.42. The van der Waals surface area contributed by atoms with Crippen LogP contribution in [0, 0.1) is 0 Å². The molecular formula is C43H72. The van der Waals surface area contributed by atoms with Crippen molar-refractivity contribution < 1.29 is 0 Å². The van der Waals surface area contributed by atoms with Gasteiger partial charge in [0.15, 0.2) is 0 Å². The van der Waals surface area contributed by atoms with E-state index in [1.165, 1.54) is 16.7 Å². The fraction of sp³-hybridized carbons (Fsp3) is 0.721. The fourth-order valence-electron chi connectivity index (χ4n) is 7.73. The lowest BCUT2D eigenvalue weighted by Gasteiger charge is -2.50. The van der Waals surface area contributed by atoms with Gasteiger partial charge in [-0.3, -0.25) is 0 Å². The molecule has 0 aliphatic carbocycles. The van der Waals surface area contributed by atoms with Crippen LogP contribution in [0.5, 0.6) is 0 Å². The Morgan fingerprint density at radius 3 is 0.651 bits per heavy atom. The highest BCUT2D eigenvalue weighted by Crippen LogP contribution is 2.56. The first-order chi connectivity index (χ1) is 18.6. The van der Waals surface area contributed by atoms with Crippen molar-refractivity contribution in [3.8, 4) is 0 Å². The Balaban J connectivity index is 3.73. The van der Waals surface area contributed by atoms with Crippen molar-refractivity contribution in [2.75, 3.05) is 0 Å². The largest absolute Gasteiger partial charge is 0.0617 e. The zero-order valence-electron chi connectivity index (χ0n) is 33.2. The maximum atomic E-state index is 2.56. The molecule has 0 unspecified atom stereocenters. The molecular weight excluding hydrogens is 516 g/mol. The van der Waals surface area contributed by atoms with Gasteiger partial charge in [-0.25, -0.2) is 0 Å². The number of hydrogen-bond donors (Lipinski definition) is 0. The number of rotatable bonds is 2. The van der Waals surface area contributed by atoms with Crippen molar-refractivity contribution in [2.24, 2.45) is 0 Å². The van der Waals surface area contributed by atoms with Crippen LogP contribution in [0.1, 0.15) is 209 Å². The Morgan fingerprint density at radius 1 is 0.256 bits per heavy atom. The molecule has 0 amide bonds. The molecule has 0 saturated carbocycles. The Hall–Kier alpha value is -1.56. The molecule has 43 heavy (non-hydrogen) atoms. The quantitative estimate of drug-likeness (QED) is 0.327. The summed E-state index contributed by atoms with van der Waals surface area (Å²) in [7, 11) is 0. The van der Waals surface area contributed by atoms with Crippen LogP contribution >= 0.6 is 0 Å². The summed E-state index contributed by atoms with van der Waals surface area (Å²) in [5.41, 5.74) is 13.5. The third-order valence-corrected chi connectivity index (χ3v) is 9.18. The lowest BCUT2D eigenvalue weighted by atomic mass is 9.54. The molecule has 0 heterocycles. The van der Waals surface area contributed by atoms with E-state index in [0.29, 0.717) is 0 Å². The van der Waals surface area contributed by atoms with E-state index in [1.807, 2.05) is 0 Å². The van der Waals surface area contributed by atoms with Crippen LogP contribution in [0.25, 0.3) is 0 Å². The average Bonchev–Trinajstić information content (AvgIpc) is 2.72. The van der Waals surface area contributed by atoms with Gasteiger partial charge < -0.3 is 0 Å². The second-order valence-electron chi connectivity index (χ2n) is 21.4. The van der Waals surface area contributed by atoms with E-state index in [1.54, 1.807) is 33.4 Å². The van der Waals surface area contributed by atoms with Crippen LogP contribution < -0.4 is 0 Å². The first-order valence-electron chi connectivity index (χ1n) is 17.0. The Bertz CT molecular complexity index is 1240. The van der Waals surface area contributed by atoms with E-state index in [2.05, 4.69) is 177 Å². The maximum Gasteiger partial charge on any atom is 0.0158 e. The van der Waals surface area contributed by atoms with E-state index in [4.69, 9.17) is 0 Å². The van der Waals surface area contributed by atoms with Gasteiger partial charge >= 0.3 is 0 Å². The van der Waals surface area contributed by atoms with Crippen molar-refractivity contribution in [1.29, 1.82) is 0 Å². The Labute approximate surface area is 270 Å². The fourth-order valence-corrected chi connectivity index (χ4v) is 7.73. The molecule has 0 bridgehead atoms. The smallest absolute Gasteiger partial charge is 0.0158 e. The van der Waals surface area contributed by atoms with E-state index >= 15 is 0 Å². The number of benzene rings is 2. The molecule has 0 nitrogen and oxygen atoms in total. The van der Waals surface area contributed by atoms with Gasteiger partial charge in [-0.1, -0.05) is 177 Å².